The number of nitrogens with one attached hydrogen (secondary N) is 1. The van der Waals surface area contributed by atoms with Gasteiger partial charge in [-0.2, -0.15) is 0 Å². The molecule has 0 fully saturated rings. The fraction of sp³-hybridized carbons (Fsp3) is 0.417. The maximum atomic E-state index is 12.2. The summed E-state index contributed by atoms with van der Waals surface area (Å²) in [6.07, 6.45) is 10.7. The van der Waals surface area contributed by atoms with Crippen LogP contribution in [0.5, 0.6) is 0 Å². The molecule has 2 N–H and O–H groups in total. The highest BCUT2D eigenvalue weighted by atomic mass is 16.5. The SMILES string of the molecule is CCC1=C(C)C2=CC3=C(O)C(C)(CC)C(=CC4=NC(=CC5=NC(=CC1=N2)C(C)=C5CCC(=O)OC)C(CCC(=O)OC)=C4C)N3. The molecule has 0 aromatic heterocycles. The normalized spacial score (nSPS) is 22.5. The summed E-state index contributed by atoms with van der Waals surface area (Å²) >= 11 is 0. The first-order valence-electron chi connectivity index (χ1n) is 15.5. The highest BCUT2D eigenvalue weighted by Gasteiger charge is 2.41. The Labute approximate surface area is 265 Å². The Morgan fingerprint density at radius 1 is 0.756 bits per heavy atom. The molecule has 0 amide bonds. The van der Waals surface area contributed by atoms with Crippen LogP contribution in [0.2, 0.25) is 0 Å². The lowest BCUT2D eigenvalue weighted by Gasteiger charge is -2.24. The van der Waals surface area contributed by atoms with Crippen molar-refractivity contribution < 1.29 is 24.2 Å². The summed E-state index contributed by atoms with van der Waals surface area (Å²) in [7, 11) is 2.78. The Bertz CT molecular complexity index is 1730. The minimum Gasteiger partial charge on any atom is -0.509 e. The van der Waals surface area contributed by atoms with Gasteiger partial charge in [-0.15, -0.1) is 0 Å². The van der Waals surface area contributed by atoms with Gasteiger partial charge in [0.15, 0.2) is 0 Å². The molecule has 5 heterocycles. The number of hydrogen-bond acceptors (Lipinski definition) is 9. The number of esters is 2. The van der Waals surface area contributed by atoms with Crippen LogP contribution in [-0.4, -0.2) is 48.4 Å². The Morgan fingerprint density at radius 2 is 1.29 bits per heavy atom. The summed E-state index contributed by atoms with van der Waals surface area (Å²) in [5.74, 6) is -0.325. The highest BCUT2D eigenvalue weighted by molar-refractivity contribution is 6.18. The number of aliphatic hydroxyl groups is 1. The van der Waals surface area contributed by atoms with Crippen LogP contribution in [0.4, 0.5) is 0 Å². The molecule has 1 unspecified atom stereocenters. The van der Waals surface area contributed by atoms with Crippen molar-refractivity contribution in [1.29, 1.82) is 0 Å². The number of aliphatic hydroxyl groups excluding tert-OH is 1. The fourth-order valence-electron chi connectivity index (χ4n) is 6.36. The largest absolute Gasteiger partial charge is 0.509 e. The first kappa shape index (κ1) is 31.9. The number of hydrogen-bond donors (Lipinski definition) is 2. The second-order valence-corrected chi connectivity index (χ2v) is 12.0. The van der Waals surface area contributed by atoms with Gasteiger partial charge in [0.25, 0.3) is 0 Å². The predicted molar refractivity (Wildman–Crippen MR) is 177 cm³/mol. The zero-order chi connectivity index (χ0) is 32.6. The van der Waals surface area contributed by atoms with E-state index in [1.165, 1.54) is 14.2 Å². The van der Waals surface area contributed by atoms with E-state index < -0.39 is 5.41 Å². The molecule has 0 aromatic carbocycles. The molecule has 0 aromatic rings. The van der Waals surface area contributed by atoms with Gasteiger partial charge < -0.3 is 19.9 Å². The molecule has 5 aliphatic heterocycles. The van der Waals surface area contributed by atoms with Crippen LogP contribution in [0.25, 0.3) is 0 Å². The number of nitrogens with zero attached hydrogens (tertiary/aromatic N) is 3. The minimum atomic E-state index is -0.649. The first-order chi connectivity index (χ1) is 21.4. The molecule has 5 aliphatic rings. The molecule has 0 radical (unpaired) electrons. The molecular weight excluding hydrogens is 568 g/mol. The monoisotopic (exact) mass is 610 g/mol. The summed E-state index contributed by atoms with van der Waals surface area (Å²) < 4.78 is 9.89. The van der Waals surface area contributed by atoms with Crippen molar-refractivity contribution in [2.45, 2.75) is 80.1 Å². The van der Waals surface area contributed by atoms with Crippen molar-refractivity contribution >= 4 is 29.1 Å². The Morgan fingerprint density at radius 3 is 1.89 bits per heavy atom. The predicted octanol–water partition coefficient (Wildman–Crippen LogP) is 6.95. The van der Waals surface area contributed by atoms with Gasteiger partial charge in [-0.05, 0) is 111 Å². The molecule has 5 rings (SSSR count). The van der Waals surface area contributed by atoms with Crippen molar-refractivity contribution in [3.63, 3.8) is 0 Å². The zero-order valence-electron chi connectivity index (χ0n) is 27.5. The Kier molecular flexibility index (Phi) is 8.83. The second-order valence-electron chi connectivity index (χ2n) is 12.0. The van der Waals surface area contributed by atoms with E-state index >= 15 is 0 Å². The number of methoxy groups -OCH3 is 2. The second kappa shape index (κ2) is 12.5. The van der Waals surface area contributed by atoms with Gasteiger partial charge in [0.1, 0.15) is 5.76 Å². The third kappa shape index (κ3) is 5.72. The van der Waals surface area contributed by atoms with Crippen LogP contribution in [-0.2, 0) is 19.1 Å². The van der Waals surface area contributed by atoms with Crippen molar-refractivity contribution in [3.8, 4) is 0 Å². The Balaban J connectivity index is 1.76. The van der Waals surface area contributed by atoms with Gasteiger partial charge in [-0.3, -0.25) is 9.59 Å². The summed E-state index contributed by atoms with van der Waals surface area (Å²) in [6.45, 7) is 12.3. The third-order valence-corrected chi connectivity index (χ3v) is 9.59. The average Bonchev–Trinajstić information content (AvgIpc) is 3.67. The summed E-state index contributed by atoms with van der Waals surface area (Å²) in [5, 5.41) is 15.0. The van der Waals surface area contributed by atoms with E-state index in [4.69, 9.17) is 24.5 Å². The van der Waals surface area contributed by atoms with Gasteiger partial charge >= 0.3 is 11.9 Å². The van der Waals surface area contributed by atoms with Crippen molar-refractivity contribution in [1.82, 2.24) is 5.32 Å². The van der Waals surface area contributed by atoms with E-state index in [0.29, 0.717) is 30.7 Å². The first-order valence-corrected chi connectivity index (χ1v) is 15.5. The molecule has 8 bridgehead atoms. The van der Waals surface area contributed by atoms with Crippen LogP contribution >= 0.6 is 0 Å². The lowest BCUT2D eigenvalue weighted by Crippen LogP contribution is -2.22. The lowest BCUT2D eigenvalue weighted by molar-refractivity contribution is -0.141. The van der Waals surface area contributed by atoms with E-state index in [9.17, 15) is 14.7 Å². The molecule has 45 heavy (non-hydrogen) atoms. The van der Waals surface area contributed by atoms with E-state index in [1.54, 1.807) is 0 Å². The molecule has 0 spiro atoms. The van der Waals surface area contributed by atoms with Gasteiger partial charge in [0, 0.05) is 18.5 Å². The van der Waals surface area contributed by atoms with E-state index in [1.807, 2.05) is 52.0 Å². The molecule has 0 saturated carbocycles. The van der Waals surface area contributed by atoms with Gasteiger partial charge in [0.2, 0.25) is 0 Å². The van der Waals surface area contributed by atoms with E-state index in [2.05, 4.69) is 19.2 Å². The van der Waals surface area contributed by atoms with Gasteiger partial charge in [0.05, 0.1) is 59.6 Å². The fourth-order valence-corrected chi connectivity index (χ4v) is 6.36. The van der Waals surface area contributed by atoms with Crippen LogP contribution in [0, 0.1) is 5.41 Å². The lowest BCUT2D eigenvalue weighted by atomic mass is 9.82. The minimum absolute atomic E-state index is 0.206. The molecular formula is C36H42N4O5. The average molecular weight is 611 g/mol. The summed E-state index contributed by atoms with van der Waals surface area (Å²) in [4.78, 5) is 39.5. The van der Waals surface area contributed by atoms with E-state index in [0.717, 1.165) is 74.1 Å². The van der Waals surface area contributed by atoms with Crippen LogP contribution < -0.4 is 5.32 Å². The van der Waals surface area contributed by atoms with Crippen LogP contribution in [0.1, 0.15) is 80.1 Å². The smallest absolute Gasteiger partial charge is 0.305 e. The van der Waals surface area contributed by atoms with Crippen molar-refractivity contribution in [2.75, 3.05) is 14.2 Å². The van der Waals surface area contributed by atoms with Crippen LogP contribution in [0.3, 0.4) is 0 Å². The molecule has 0 aliphatic carbocycles. The standard InChI is InChI=1S/C36H42N4O5/c1-9-22-19(3)26-16-31-35(43)36(6,10-2)32(40-31)18-27-21(5)24(12-14-34(42)45-8)30(39-27)17-29-23(11-13-33(41)44-7)20(4)25(38-29)15-28(22)37-26/h15-18,40,43H,9-14H2,1-8H3. The molecule has 236 valence electrons. The van der Waals surface area contributed by atoms with Gasteiger partial charge in [-0.25, -0.2) is 15.0 Å². The van der Waals surface area contributed by atoms with Crippen LogP contribution in [0.15, 0.2) is 107 Å². The van der Waals surface area contributed by atoms with E-state index in [-0.39, 0.29) is 30.5 Å². The molecule has 0 saturated heterocycles. The molecule has 9 nitrogen and oxygen atoms in total. The highest BCUT2D eigenvalue weighted by Crippen LogP contribution is 2.45. The number of ether oxygens (including phenoxy) is 2. The number of carbonyl (C=O) groups excluding carboxylic acids is 2. The summed E-state index contributed by atoms with van der Waals surface area (Å²) in [5.41, 5.74) is 11.3. The third-order valence-electron chi connectivity index (χ3n) is 9.59. The van der Waals surface area contributed by atoms with Crippen molar-refractivity contribution in [2.24, 2.45) is 20.4 Å². The number of aliphatic imine (C=N–C) groups is 3. The summed E-state index contributed by atoms with van der Waals surface area (Å²) in [6, 6.07) is 0. The molecule has 9 heteroatoms. The maximum absolute atomic E-state index is 12.2. The quantitative estimate of drug-likeness (QED) is 0.287. The maximum Gasteiger partial charge on any atom is 0.305 e. The number of rotatable bonds is 8. The zero-order valence-corrected chi connectivity index (χ0v) is 27.5. The number of allylic oxidation sites excluding steroid dienone is 10. The van der Waals surface area contributed by atoms with Gasteiger partial charge in [-0.1, -0.05) is 13.8 Å². The van der Waals surface area contributed by atoms with Crippen molar-refractivity contribution in [3.05, 3.63) is 92.0 Å². The number of carbonyl (C=O) groups is 2. The topological polar surface area (TPSA) is 122 Å². The Hall–Kier alpha value is -4.53. The number of fused-ring (bicyclic) bond motifs is 5. The molecule has 1 atom stereocenters.